The Kier molecular flexibility index (Phi) is 5.86. The second-order valence-electron chi connectivity index (χ2n) is 9.78. The third-order valence-electron chi connectivity index (χ3n) is 6.63. The maximum atomic E-state index is 12.9. The van der Waals surface area contributed by atoms with Crippen LogP contribution in [-0.2, 0) is 14.0 Å². The van der Waals surface area contributed by atoms with Crippen LogP contribution in [0.3, 0.4) is 0 Å². The first kappa shape index (κ1) is 22.5. The Morgan fingerprint density at radius 3 is 2.60 bits per heavy atom. The monoisotopic (exact) mass is 432 g/mol. The van der Waals surface area contributed by atoms with Gasteiger partial charge < -0.3 is 19.4 Å². The summed E-state index contributed by atoms with van der Waals surface area (Å²) < 4.78 is 11.8. The van der Waals surface area contributed by atoms with Gasteiger partial charge in [0.05, 0.1) is 23.8 Å². The van der Waals surface area contributed by atoms with Crippen molar-refractivity contribution < 1.29 is 23.5 Å². The third kappa shape index (κ3) is 4.16. The zero-order valence-corrected chi connectivity index (χ0v) is 19.9. The van der Waals surface area contributed by atoms with Crippen LogP contribution < -0.4 is 15.0 Å². The summed E-state index contributed by atoms with van der Waals surface area (Å²) in [5.41, 5.74) is 1.08. The van der Waals surface area contributed by atoms with Crippen molar-refractivity contribution in [2.45, 2.75) is 64.4 Å². The Hall–Kier alpha value is -2.19. The summed E-state index contributed by atoms with van der Waals surface area (Å²) in [6.45, 7) is 12.7. The van der Waals surface area contributed by atoms with Crippen LogP contribution >= 0.6 is 0 Å². The van der Waals surface area contributed by atoms with E-state index in [0.717, 1.165) is 0 Å². The van der Waals surface area contributed by atoms with E-state index in [-0.39, 0.29) is 53.7 Å². The summed E-state index contributed by atoms with van der Waals surface area (Å²) in [5, 5.41) is 2.91. The van der Waals surface area contributed by atoms with Gasteiger partial charge in [-0.1, -0.05) is 20.8 Å². The number of Topliss-reactive ketones (excluding diaryl/α,β-unsaturated/α-hetero) is 1. The second-order valence-corrected chi connectivity index (χ2v) is 14.5. The molecule has 8 heteroatoms. The van der Waals surface area contributed by atoms with Gasteiger partial charge in [0.25, 0.3) is 5.91 Å². The predicted octanol–water partition coefficient (Wildman–Crippen LogP) is 3.14. The number of benzene rings is 1. The minimum absolute atomic E-state index is 0.00129. The zero-order valence-electron chi connectivity index (χ0n) is 18.9. The maximum Gasteiger partial charge on any atom is 0.264 e. The Balaban J connectivity index is 1.70. The van der Waals surface area contributed by atoms with E-state index in [1.54, 1.807) is 25.2 Å². The van der Waals surface area contributed by atoms with E-state index in [0.29, 0.717) is 17.0 Å². The van der Waals surface area contributed by atoms with Crippen LogP contribution in [0.4, 0.5) is 5.69 Å². The molecule has 0 radical (unpaired) electrons. The molecule has 1 unspecified atom stereocenters. The van der Waals surface area contributed by atoms with Crippen molar-refractivity contribution in [2.75, 3.05) is 18.6 Å². The Morgan fingerprint density at radius 2 is 2.00 bits per heavy atom. The summed E-state index contributed by atoms with van der Waals surface area (Å²) >= 11 is 0. The van der Waals surface area contributed by atoms with Crippen molar-refractivity contribution in [1.29, 1.82) is 0 Å². The number of hydrogen-bond acceptors (Lipinski definition) is 5. The Labute approximate surface area is 179 Å². The fraction of sp³-hybridized carbons (Fsp3) is 0.591. The van der Waals surface area contributed by atoms with Gasteiger partial charge in [0, 0.05) is 19.0 Å². The van der Waals surface area contributed by atoms with Crippen molar-refractivity contribution in [3.63, 3.8) is 0 Å². The number of nitrogens with zero attached hydrogens (tertiary/aromatic N) is 1. The van der Waals surface area contributed by atoms with Gasteiger partial charge in [-0.2, -0.15) is 0 Å². The quantitative estimate of drug-likeness (QED) is 0.424. The number of amides is 2. The number of ketones is 1. The van der Waals surface area contributed by atoms with Gasteiger partial charge in [0.15, 0.2) is 20.7 Å². The lowest BCUT2D eigenvalue weighted by Crippen LogP contribution is -2.64. The summed E-state index contributed by atoms with van der Waals surface area (Å²) in [4.78, 5) is 38.5. The summed E-state index contributed by atoms with van der Waals surface area (Å²) in [6.07, 6.45) is -0.0584. The lowest BCUT2D eigenvalue weighted by atomic mass is 9.82. The molecule has 7 nitrogen and oxygen atoms in total. The molecule has 1 N–H and O–H groups in total. The summed E-state index contributed by atoms with van der Waals surface area (Å²) in [5.74, 6) is -0.0647. The number of nitrogens with one attached hydrogen (secondary N) is 1. The molecule has 0 bridgehead atoms. The predicted molar refractivity (Wildman–Crippen MR) is 117 cm³/mol. The average molecular weight is 433 g/mol. The molecule has 2 aliphatic heterocycles. The van der Waals surface area contributed by atoms with Crippen LogP contribution in [0.25, 0.3) is 0 Å². The molecule has 0 aromatic heterocycles. The highest BCUT2D eigenvalue weighted by molar-refractivity contribution is 6.74. The number of ether oxygens (including phenoxy) is 1. The molecule has 3 rings (SSSR count). The van der Waals surface area contributed by atoms with E-state index in [2.05, 4.69) is 39.2 Å². The molecule has 2 amide bonds. The molecule has 0 saturated carbocycles. The van der Waals surface area contributed by atoms with Gasteiger partial charge in [-0.3, -0.25) is 14.4 Å². The fourth-order valence-electron chi connectivity index (χ4n) is 3.65. The fourth-order valence-corrected chi connectivity index (χ4v) is 5.08. The number of anilines is 1. The molecule has 2 aliphatic rings. The smallest absolute Gasteiger partial charge is 0.264 e. The highest BCUT2D eigenvalue weighted by Crippen LogP contribution is 2.39. The molecule has 1 saturated heterocycles. The van der Waals surface area contributed by atoms with Crippen molar-refractivity contribution in [2.24, 2.45) is 5.92 Å². The van der Waals surface area contributed by atoms with Crippen LogP contribution in [0, 0.1) is 5.92 Å². The van der Waals surface area contributed by atoms with Crippen LogP contribution in [-0.4, -0.2) is 51.7 Å². The first-order valence-corrected chi connectivity index (χ1v) is 13.3. The van der Waals surface area contributed by atoms with Gasteiger partial charge in [0.2, 0.25) is 5.91 Å². The van der Waals surface area contributed by atoms with E-state index < -0.39 is 8.32 Å². The Morgan fingerprint density at radius 1 is 1.33 bits per heavy atom. The van der Waals surface area contributed by atoms with Crippen LogP contribution in [0.15, 0.2) is 18.2 Å². The SMILES string of the molecule is CC(O[Si](C)(C)C(C)(C)C)[C@H]1C(=O)N[C@@H]1CC(=O)c1ccc2c(c1)N(C)C(=O)CO2. The summed E-state index contributed by atoms with van der Waals surface area (Å²) in [6, 6.07) is 4.85. The number of carbonyl (C=O) groups is 3. The number of rotatable bonds is 6. The molecule has 3 atom stereocenters. The minimum Gasteiger partial charge on any atom is -0.482 e. The molecule has 164 valence electrons. The first-order chi connectivity index (χ1) is 13.8. The number of fused-ring (bicyclic) bond motifs is 1. The largest absolute Gasteiger partial charge is 0.482 e. The molecule has 30 heavy (non-hydrogen) atoms. The van der Waals surface area contributed by atoms with E-state index in [4.69, 9.17) is 9.16 Å². The number of likely N-dealkylation sites (N-methyl/N-ethyl adjacent to an activating group) is 1. The second kappa shape index (κ2) is 7.81. The summed E-state index contributed by atoms with van der Waals surface area (Å²) in [7, 11) is -0.357. The van der Waals surface area contributed by atoms with Crippen molar-refractivity contribution >= 4 is 31.6 Å². The maximum absolute atomic E-state index is 12.9. The van der Waals surface area contributed by atoms with E-state index in [1.165, 1.54) is 4.90 Å². The lowest BCUT2D eigenvalue weighted by molar-refractivity contribution is -0.139. The molecular formula is C22H32N2O5Si. The van der Waals surface area contributed by atoms with Gasteiger partial charge in [-0.25, -0.2) is 0 Å². The standard InChI is InChI=1S/C22H32N2O5Si/c1-13(29-30(6,7)22(2,3)4)20-15(23-21(20)27)11-17(25)14-8-9-18-16(10-14)24(5)19(26)12-28-18/h8-10,13,15,20H,11-12H2,1-7H3,(H,23,27)/t13?,15-,20-/m1/s1. The molecule has 0 aliphatic carbocycles. The van der Waals surface area contributed by atoms with Crippen molar-refractivity contribution in [3.05, 3.63) is 23.8 Å². The molecule has 1 aromatic rings. The molecule has 1 fully saturated rings. The van der Waals surface area contributed by atoms with Crippen molar-refractivity contribution in [3.8, 4) is 5.75 Å². The molecule has 0 spiro atoms. The molecular weight excluding hydrogens is 400 g/mol. The van der Waals surface area contributed by atoms with Crippen LogP contribution in [0.1, 0.15) is 44.5 Å². The number of carbonyl (C=O) groups excluding carboxylic acids is 3. The van der Waals surface area contributed by atoms with Crippen LogP contribution in [0.5, 0.6) is 5.75 Å². The molecule has 1 aromatic carbocycles. The average Bonchev–Trinajstić information content (AvgIpc) is 2.62. The number of β-lactam (4-membered cyclic amide) rings is 1. The highest BCUT2D eigenvalue weighted by Gasteiger charge is 2.47. The van der Waals surface area contributed by atoms with E-state index in [9.17, 15) is 14.4 Å². The normalized spacial score (nSPS) is 22.6. The van der Waals surface area contributed by atoms with Gasteiger partial charge in [0.1, 0.15) is 5.75 Å². The van der Waals surface area contributed by atoms with Crippen molar-refractivity contribution in [1.82, 2.24) is 5.32 Å². The van der Waals surface area contributed by atoms with E-state index >= 15 is 0 Å². The highest BCUT2D eigenvalue weighted by atomic mass is 28.4. The number of hydrogen-bond donors (Lipinski definition) is 1. The lowest BCUT2D eigenvalue weighted by Gasteiger charge is -2.45. The third-order valence-corrected chi connectivity index (χ3v) is 11.2. The van der Waals surface area contributed by atoms with Gasteiger partial charge >= 0.3 is 0 Å². The zero-order chi connectivity index (χ0) is 22.4. The Bertz CT molecular complexity index is 877. The first-order valence-electron chi connectivity index (χ1n) is 10.4. The molecule has 2 heterocycles. The van der Waals surface area contributed by atoms with Gasteiger partial charge in [-0.15, -0.1) is 0 Å². The minimum atomic E-state index is -2.02. The van der Waals surface area contributed by atoms with Gasteiger partial charge in [-0.05, 0) is 43.3 Å². The van der Waals surface area contributed by atoms with Crippen LogP contribution in [0.2, 0.25) is 18.1 Å². The topological polar surface area (TPSA) is 84.9 Å². The van der Waals surface area contributed by atoms with E-state index in [1.807, 2.05) is 6.92 Å².